The summed E-state index contributed by atoms with van der Waals surface area (Å²) in [5, 5.41) is 0. The fourth-order valence-corrected chi connectivity index (χ4v) is 2.14. The lowest BCUT2D eigenvalue weighted by molar-refractivity contribution is -0.154. The average molecular weight is 304 g/mol. The van der Waals surface area contributed by atoms with Gasteiger partial charge in [-0.3, -0.25) is 24.1 Å². The maximum absolute atomic E-state index is 12.2. The second-order valence-corrected chi connectivity index (χ2v) is 4.97. The van der Waals surface area contributed by atoms with Gasteiger partial charge >= 0.3 is 5.97 Å². The van der Waals surface area contributed by atoms with Crippen molar-refractivity contribution in [3.8, 4) is 0 Å². The Labute approximate surface area is 127 Å². The first-order valence-corrected chi connectivity index (χ1v) is 6.81. The summed E-state index contributed by atoms with van der Waals surface area (Å²) in [6.07, 6.45) is -1.10. The normalized spacial score (nSPS) is 15.2. The maximum atomic E-state index is 12.2. The number of carbonyl (C=O) groups is 4. The van der Waals surface area contributed by atoms with E-state index in [1.54, 1.807) is 24.3 Å². The number of esters is 1. The average Bonchev–Trinajstić information content (AvgIpc) is 2.46. The number of hydrogen-bond donors (Lipinski definition) is 1. The predicted molar refractivity (Wildman–Crippen MR) is 75.6 cm³/mol. The van der Waals surface area contributed by atoms with Gasteiger partial charge in [-0.05, 0) is 18.6 Å². The minimum absolute atomic E-state index is 0.0870. The first kappa shape index (κ1) is 15.7. The number of fused-ring (bicyclic) bond motifs is 1. The molecule has 1 aromatic carbocycles. The van der Waals surface area contributed by atoms with Crippen LogP contribution in [0.15, 0.2) is 24.3 Å². The van der Waals surface area contributed by atoms with Crippen LogP contribution >= 0.6 is 0 Å². The molecule has 0 unspecified atom stereocenters. The van der Waals surface area contributed by atoms with Crippen molar-refractivity contribution in [3.05, 3.63) is 35.4 Å². The minimum atomic E-state index is -1.04. The van der Waals surface area contributed by atoms with Crippen LogP contribution in [0.1, 0.15) is 29.3 Å². The predicted octanol–water partition coefficient (Wildman–Crippen LogP) is 0.0186. The SMILES string of the molecule is C[C@@H](OC(=O)CCN1C(=O)Cc2ccccc2C1=O)C(N)=O. The van der Waals surface area contributed by atoms with Crippen LogP contribution in [-0.4, -0.2) is 41.2 Å². The summed E-state index contributed by atoms with van der Waals surface area (Å²) in [6, 6.07) is 6.85. The lowest BCUT2D eigenvalue weighted by atomic mass is 9.98. The van der Waals surface area contributed by atoms with Gasteiger partial charge in [0, 0.05) is 12.1 Å². The number of carbonyl (C=O) groups excluding carboxylic acids is 4. The minimum Gasteiger partial charge on any atom is -0.453 e. The molecule has 7 nitrogen and oxygen atoms in total. The van der Waals surface area contributed by atoms with Crippen LogP contribution in [-0.2, 0) is 25.5 Å². The fraction of sp³-hybridized carbons (Fsp3) is 0.333. The first-order chi connectivity index (χ1) is 10.4. The van der Waals surface area contributed by atoms with E-state index >= 15 is 0 Å². The van der Waals surface area contributed by atoms with E-state index in [0.29, 0.717) is 11.1 Å². The summed E-state index contributed by atoms with van der Waals surface area (Å²) in [5.41, 5.74) is 6.12. The molecule has 2 N–H and O–H groups in total. The molecule has 1 aromatic rings. The van der Waals surface area contributed by atoms with Crippen LogP contribution in [0.2, 0.25) is 0 Å². The Bertz CT molecular complexity index is 641. The van der Waals surface area contributed by atoms with Crippen LogP contribution in [0.5, 0.6) is 0 Å². The highest BCUT2D eigenvalue weighted by Crippen LogP contribution is 2.19. The van der Waals surface area contributed by atoms with Gasteiger partial charge in [0.2, 0.25) is 5.91 Å². The van der Waals surface area contributed by atoms with E-state index in [0.717, 1.165) is 4.90 Å². The summed E-state index contributed by atoms with van der Waals surface area (Å²) in [6.45, 7) is 1.27. The highest BCUT2D eigenvalue weighted by atomic mass is 16.5. The molecule has 1 atom stereocenters. The van der Waals surface area contributed by atoms with Gasteiger partial charge in [-0.15, -0.1) is 0 Å². The van der Waals surface area contributed by atoms with Crippen LogP contribution < -0.4 is 5.73 Å². The van der Waals surface area contributed by atoms with Crippen molar-refractivity contribution < 1.29 is 23.9 Å². The third-order valence-electron chi connectivity index (χ3n) is 3.38. The van der Waals surface area contributed by atoms with E-state index in [2.05, 4.69) is 0 Å². The number of amides is 3. The zero-order valence-corrected chi connectivity index (χ0v) is 12.1. The quantitative estimate of drug-likeness (QED) is 0.609. The van der Waals surface area contributed by atoms with Crippen molar-refractivity contribution in [3.63, 3.8) is 0 Å². The number of imide groups is 1. The first-order valence-electron chi connectivity index (χ1n) is 6.81. The molecular weight excluding hydrogens is 288 g/mol. The van der Waals surface area contributed by atoms with Crippen molar-refractivity contribution in [1.29, 1.82) is 0 Å². The Kier molecular flexibility index (Phi) is 4.55. The molecule has 2 rings (SSSR count). The zero-order chi connectivity index (χ0) is 16.3. The number of rotatable bonds is 5. The molecule has 3 amide bonds. The lowest BCUT2D eigenvalue weighted by Gasteiger charge is -2.26. The smallest absolute Gasteiger partial charge is 0.308 e. The van der Waals surface area contributed by atoms with E-state index in [4.69, 9.17) is 10.5 Å². The van der Waals surface area contributed by atoms with Crippen molar-refractivity contribution in [2.24, 2.45) is 5.73 Å². The molecule has 0 aromatic heterocycles. The molecule has 1 aliphatic rings. The van der Waals surface area contributed by atoms with E-state index in [1.165, 1.54) is 6.92 Å². The van der Waals surface area contributed by atoms with Crippen LogP contribution in [0, 0.1) is 0 Å². The number of nitrogens with zero attached hydrogens (tertiary/aromatic N) is 1. The summed E-state index contributed by atoms with van der Waals surface area (Å²) in [4.78, 5) is 47.7. The van der Waals surface area contributed by atoms with Gasteiger partial charge < -0.3 is 10.5 Å². The molecule has 0 bridgehead atoms. The molecule has 1 heterocycles. The lowest BCUT2D eigenvalue weighted by Crippen LogP contribution is -2.43. The summed E-state index contributed by atoms with van der Waals surface area (Å²) in [5.74, 6) is -2.24. The van der Waals surface area contributed by atoms with Crippen molar-refractivity contribution >= 4 is 23.7 Å². The second-order valence-electron chi connectivity index (χ2n) is 4.97. The highest BCUT2D eigenvalue weighted by molar-refractivity contribution is 6.09. The Morgan fingerprint density at radius 2 is 2.00 bits per heavy atom. The van der Waals surface area contributed by atoms with Gasteiger partial charge in [0.15, 0.2) is 6.10 Å². The maximum Gasteiger partial charge on any atom is 0.308 e. The Hall–Kier alpha value is -2.70. The van der Waals surface area contributed by atoms with Gasteiger partial charge in [0.25, 0.3) is 11.8 Å². The molecular formula is C15H16N2O5. The Balaban J connectivity index is 1.99. The van der Waals surface area contributed by atoms with E-state index in [1.807, 2.05) is 0 Å². The summed E-state index contributed by atoms with van der Waals surface area (Å²) < 4.78 is 4.78. The van der Waals surface area contributed by atoms with E-state index in [-0.39, 0.29) is 25.3 Å². The molecule has 0 saturated heterocycles. The largest absolute Gasteiger partial charge is 0.453 e. The van der Waals surface area contributed by atoms with Crippen LogP contribution in [0.4, 0.5) is 0 Å². The number of nitrogens with two attached hydrogens (primary N) is 1. The fourth-order valence-electron chi connectivity index (χ4n) is 2.14. The molecule has 0 aliphatic carbocycles. The van der Waals surface area contributed by atoms with Gasteiger partial charge in [-0.1, -0.05) is 18.2 Å². The van der Waals surface area contributed by atoms with E-state index < -0.39 is 23.9 Å². The van der Waals surface area contributed by atoms with Gasteiger partial charge in [0.1, 0.15) is 0 Å². The number of ether oxygens (including phenoxy) is 1. The zero-order valence-electron chi connectivity index (χ0n) is 12.1. The number of hydrogen-bond acceptors (Lipinski definition) is 5. The molecule has 0 saturated carbocycles. The van der Waals surface area contributed by atoms with Gasteiger partial charge in [-0.25, -0.2) is 0 Å². The number of primary amides is 1. The molecule has 0 radical (unpaired) electrons. The third kappa shape index (κ3) is 3.30. The number of benzene rings is 1. The molecule has 0 fully saturated rings. The second kappa shape index (κ2) is 6.38. The topological polar surface area (TPSA) is 107 Å². The van der Waals surface area contributed by atoms with Crippen LogP contribution in [0.25, 0.3) is 0 Å². The van der Waals surface area contributed by atoms with Crippen LogP contribution in [0.3, 0.4) is 0 Å². The van der Waals surface area contributed by atoms with Crippen molar-refractivity contribution in [1.82, 2.24) is 4.90 Å². The monoisotopic (exact) mass is 304 g/mol. The summed E-state index contributed by atoms with van der Waals surface area (Å²) in [7, 11) is 0. The van der Waals surface area contributed by atoms with Crippen molar-refractivity contribution in [2.75, 3.05) is 6.54 Å². The van der Waals surface area contributed by atoms with Crippen molar-refractivity contribution in [2.45, 2.75) is 25.9 Å². The molecule has 22 heavy (non-hydrogen) atoms. The summed E-state index contributed by atoms with van der Waals surface area (Å²) >= 11 is 0. The molecule has 0 spiro atoms. The Morgan fingerprint density at radius 1 is 1.32 bits per heavy atom. The molecule has 1 aliphatic heterocycles. The van der Waals surface area contributed by atoms with Gasteiger partial charge in [0.05, 0.1) is 12.8 Å². The molecule has 7 heteroatoms. The van der Waals surface area contributed by atoms with Gasteiger partial charge in [-0.2, -0.15) is 0 Å². The molecule has 116 valence electrons. The highest BCUT2D eigenvalue weighted by Gasteiger charge is 2.31. The van der Waals surface area contributed by atoms with E-state index in [9.17, 15) is 19.2 Å². The third-order valence-corrected chi connectivity index (χ3v) is 3.38. The standard InChI is InChI=1S/C15H16N2O5/c1-9(14(16)20)22-13(19)6-7-17-12(18)8-10-4-2-3-5-11(10)15(17)21/h2-5,9H,6-8H2,1H3,(H2,16,20)/t9-/m1/s1. The Morgan fingerprint density at radius 3 is 2.68 bits per heavy atom.